The van der Waals surface area contributed by atoms with Crippen molar-refractivity contribution in [1.82, 2.24) is 0 Å². The second-order valence-electron chi connectivity index (χ2n) is 15.4. The van der Waals surface area contributed by atoms with Gasteiger partial charge in [-0.3, -0.25) is 13.6 Å². The van der Waals surface area contributed by atoms with Crippen molar-refractivity contribution < 1.29 is 51.4 Å². The second-order valence-corrected chi connectivity index (χ2v) is 17.0. The average Bonchev–Trinajstić information content (AvgIpc) is 3.62. The summed E-state index contributed by atoms with van der Waals surface area (Å²) in [6.07, 6.45) is -3.84. The molecule has 0 saturated carbocycles. The molecule has 0 amide bonds. The van der Waals surface area contributed by atoms with Crippen molar-refractivity contribution in [2.45, 2.75) is 96.0 Å². The van der Waals surface area contributed by atoms with E-state index < -0.39 is 44.7 Å². The summed E-state index contributed by atoms with van der Waals surface area (Å²) in [6, 6.07) is 45.2. The second kappa shape index (κ2) is 23.1. The molecule has 1 aliphatic heterocycles. The number of benzene rings is 5. The molecule has 0 spiro atoms. The van der Waals surface area contributed by atoms with Crippen molar-refractivity contribution in [1.29, 1.82) is 0 Å². The first kappa shape index (κ1) is 45.3. The predicted octanol–water partition coefficient (Wildman–Crippen LogP) is 11.2. The number of unbranched alkanes of at least 4 members (excludes halogenated alkanes) is 2. The van der Waals surface area contributed by atoms with Gasteiger partial charge in [-0.05, 0) is 51.8 Å². The molecule has 0 bridgehead atoms. The molecule has 62 heavy (non-hydrogen) atoms. The largest absolute Gasteiger partial charge is 0.508 e. The quantitative estimate of drug-likeness (QED) is 0.0355. The van der Waals surface area contributed by atoms with Crippen molar-refractivity contribution in [3.05, 3.63) is 167 Å². The van der Waals surface area contributed by atoms with E-state index in [-0.39, 0.29) is 52.2 Å². The SMILES string of the molecule is CCCCOP(=O)(OCCCC)OC1OC(COCc2ccccc2)C(OCc2ccccc2)C(OC(=O)OCC2c3ccccc3-c3ccccc32)C1OCc1ccccc1. The summed E-state index contributed by atoms with van der Waals surface area (Å²) in [7, 11) is -4.27. The minimum atomic E-state index is -4.27. The van der Waals surface area contributed by atoms with Crippen LogP contribution in [-0.2, 0) is 66.4 Å². The van der Waals surface area contributed by atoms with Gasteiger partial charge in [-0.15, -0.1) is 0 Å². The standard InChI is InChI=1S/C50H57O11P/c1-3-5-30-57-62(52,58-31-6-4-2)61-49-48(55-34-39-24-14-9-15-25-39)47(60-50(51)56-35-44-42-28-18-16-26-40(42)41-27-17-19-29-43(41)44)46(54-33-38-22-12-8-13-23-38)45(59-49)36-53-32-37-20-10-7-11-21-37/h7-29,44-49H,3-6,30-36H2,1-2H3. The fraction of sp³-hybridized carbons (Fsp3) is 0.380. The molecular weight excluding hydrogens is 808 g/mol. The Morgan fingerprint density at radius 3 is 1.60 bits per heavy atom. The van der Waals surface area contributed by atoms with E-state index in [1.165, 1.54) is 0 Å². The lowest BCUT2D eigenvalue weighted by Crippen LogP contribution is -2.62. The van der Waals surface area contributed by atoms with Gasteiger partial charge in [-0.2, -0.15) is 0 Å². The minimum Gasteiger partial charge on any atom is -0.433 e. The van der Waals surface area contributed by atoms with Crippen LogP contribution in [0.2, 0.25) is 0 Å². The molecule has 1 saturated heterocycles. The van der Waals surface area contributed by atoms with Crippen LogP contribution in [0.3, 0.4) is 0 Å². The molecule has 0 N–H and O–H groups in total. The zero-order valence-corrected chi connectivity index (χ0v) is 36.4. The van der Waals surface area contributed by atoms with Gasteiger partial charge in [-0.25, -0.2) is 9.36 Å². The summed E-state index contributed by atoms with van der Waals surface area (Å²) in [5.41, 5.74) is 6.99. The summed E-state index contributed by atoms with van der Waals surface area (Å²) < 4.78 is 71.3. The lowest BCUT2D eigenvalue weighted by atomic mass is 9.98. The maximum absolute atomic E-state index is 14.5. The molecule has 1 aliphatic carbocycles. The lowest BCUT2D eigenvalue weighted by molar-refractivity contribution is -0.305. The summed E-state index contributed by atoms with van der Waals surface area (Å²) in [4.78, 5) is 14.2. The van der Waals surface area contributed by atoms with Gasteiger partial charge >= 0.3 is 14.0 Å². The van der Waals surface area contributed by atoms with Crippen LogP contribution in [0.15, 0.2) is 140 Å². The highest BCUT2D eigenvalue weighted by Gasteiger charge is 2.53. The van der Waals surface area contributed by atoms with Gasteiger partial charge < -0.3 is 28.4 Å². The minimum absolute atomic E-state index is 0.0121. The smallest absolute Gasteiger partial charge is 0.433 e. The van der Waals surface area contributed by atoms with Crippen molar-refractivity contribution in [3.8, 4) is 11.1 Å². The maximum atomic E-state index is 14.5. The van der Waals surface area contributed by atoms with Gasteiger partial charge in [0, 0.05) is 5.92 Å². The van der Waals surface area contributed by atoms with E-state index in [1.54, 1.807) is 0 Å². The molecule has 5 aromatic carbocycles. The van der Waals surface area contributed by atoms with E-state index in [1.807, 2.05) is 129 Å². The number of carbonyl (C=O) groups is 1. The molecule has 12 heteroatoms. The highest BCUT2D eigenvalue weighted by molar-refractivity contribution is 7.48. The van der Waals surface area contributed by atoms with Gasteiger partial charge in [0.15, 0.2) is 12.4 Å². The van der Waals surface area contributed by atoms with E-state index in [9.17, 15) is 9.36 Å². The summed E-state index contributed by atoms with van der Waals surface area (Å²) in [6.45, 7) is 4.77. The lowest BCUT2D eigenvalue weighted by Gasteiger charge is -2.45. The van der Waals surface area contributed by atoms with Crippen LogP contribution in [0.1, 0.15) is 73.3 Å². The number of hydrogen-bond donors (Lipinski definition) is 0. The summed E-state index contributed by atoms with van der Waals surface area (Å²) in [5, 5.41) is 0. The third kappa shape index (κ3) is 12.3. The zero-order chi connectivity index (χ0) is 43.0. The molecule has 0 aromatic heterocycles. The van der Waals surface area contributed by atoms with Gasteiger partial charge in [-0.1, -0.05) is 166 Å². The van der Waals surface area contributed by atoms with Crippen molar-refractivity contribution in [3.63, 3.8) is 0 Å². The first-order valence-electron chi connectivity index (χ1n) is 21.6. The van der Waals surface area contributed by atoms with Crippen molar-refractivity contribution in [2.24, 2.45) is 0 Å². The van der Waals surface area contributed by atoms with E-state index in [4.69, 9.17) is 42.0 Å². The summed E-state index contributed by atoms with van der Waals surface area (Å²) in [5.74, 6) is -0.207. The van der Waals surface area contributed by atoms with E-state index in [0.29, 0.717) is 12.8 Å². The highest BCUT2D eigenvalue weighted by atomic mass is 31.2. The van der Waals surface area contributed by atoms with Crippen LogP contribution >= 0.6 is 7.82 Å². The monoisotopic (exact) mass is 864 g/mol. The first-order chi connectivity index (χ1) is 30.4. The normalized spacial score (nSPS) is 19.7. The molecule has 0 radical (unpaired) electrons. The van der Waals surface area contributed by atoms with Crippen molar-refractivity contribution >= 4 is 14.0 Å². The van der Waals surface area contributed by atoms with Crippen LogP contribution in [0.5, 0.6) is 0 Å². The number of hydrogen-bond acceptors (Lipinski definition) is 11. The number of phosphoric acid groups is 1. The highest BCUT2D eigenvalue weighted by Crippen LogP contribution is 2.53. The molecule has 5 unspecified atom stereocenters. The fourth-order valence-corrected chi connectivity index (χ4v) is 8.94. The van der Waals surface area contributed by atoms with Gasteiger partial charge in [0.05, 0.1) is 39.6 Å². The Labute approximate surface area is 365 Å². The Morgan fingerprint density at radius 2 is 1.06 bits per heavy atom. The van der Waals surface area contributed by atoms with Gasteiger partial charge in [0.1, 0.15) is 24.9 Å². The van der Waals surface area contributed by atoms with Gasteiger partial charge in [0.25, 0.3) is 0 Å². The molecule has 5 aromatic rings. The van der Waals surface area contributed by atoms with E-state index >= 15 is 0 Å². The van der Waals surface area contributed by atoms with Crippen LogP contribution in [-0.4, -0.2) is 63.3 Å². The Kier molecular flexibility index (Phi) is 16.9. The maximum Gasteiger partial charge on any atom is 0.508 e. The Morgan fingerprint density at radius 1 is 0.581 bits per heavy atom. The van der Waals surface area contributed by atoms with Crippen molar-refractivity contribution in [2.75, 3.05) is 26.4 Å². The van der Waals surface area contributed by atoms with E-state index in [0.717, 1.165) is 51.8 Å². The molecule has 1 heterocycles. The third-order valence-electron chi connectivity index (χ3n) is 10.8. The number of ether oxygens (including phenoxy) is 6. The van der Waals surface area contributed by atoms with Crippen LogP contribution < -0.4 is 0 Å². The molecule has 5 atom stereocenters. The molecule has 11 nitrogen and oxygen atoms in total. The topological polar surface area (TPSA) is 117 Å². The predicted molar refractivity (Wildman–Crippen MR) is 235 cm³/mol. The number of carbonyl (C=O) groups excluding carboxylic acids is 1. The fourth-order valence-electron chi connectivity index (χ4n) is 7.61. The Bertz CT molecular complexity index is 2100. The number of rotatable bonds is 23. The molecule has 1 fully saturated rings. The number of phosphoric ester groups is 1. The first-order valence-corrected chi connectivity index (χ1v) is 23.1. The molecular formula is C50H57O11P. The van der Waals surface area contributed by atoms with Crippen LogP contribution in [0, 0.1) is 0 Å². The molecule has 2 aliphatic rings. The molecule has 328 valence electrons. The van der Waals surface area contributed by atoms with Crippen LogP contribution in [0.4, 0.5) is 4.79 Å². The molecule has 7 rings (SSSR count). The van der Waals surface area contributed by atoms with E-state index in [2.05, 4.69) is 24.3 Å². The van der Waals surface area contributed by atoms with Gasteiger partial charge in [0.2, 0.25) is 0 Å². The zero-order valence-electron chi connectivity index (χ0n) is 35.5. The average molecular weight is 865 g/mol. The number of fused-ring (bicyclic) bond motifs is 3. The summed E-state index contributed by atoms with van der Waals surface area (Å²) >= 11 is 0. The van der Waals surface area contributed by atoms with Crippen LogP contribution in [0.25, 0.3) is 11.1 Å². The third-order valence-corrected chi connectivity index (χ3v) is 12.3. The Balaban J connectivity index is 1.22. The Hall–Kier alpha value is -4.68.